The zero-order chi connectivity index (χ0) is 11.4. The lowest BCUT2D eigenvalue weighted by Crippen LogP contribution is -2.21. The molecule has 0 bridgehead atoms. The van der Waals surface area contributed by atoms with Crippen molar-refractivity contribution in [3.63, 3.8) is 0 Å². The molecule has 86 valence electrons. The van der Waals surface area contributed by atoms with E-state index in [0.717, 1.165) is 13.0 Å². The van der Waals surface area contributed by atoms with Gasteiger partial charge in [-0.3, -0.25) is 0 Å². The van der Waals surface area contributed by atoms with Gasteiger partial charge >= 0.3 is 0 Å². The third-order valence-corrected chi connectivity index (χ3v) is 4.74. The Bertz CT molecular complexity index is 422. The van der Waals surface area contributed by atoms with Gasteiger partial charge in [0.25, 0.3) is 0 Å². The van der Waals surface area contributed by atoms with Gasteiger partial charge in [0.05, 0.1) is 9.83 Å². The van der Waals surface area contributed by atoms with Crippen LogP contribution in [0.1, 0.15) is 29.8 Å². The smallest absolute Gasteiger partial charge is 0.0702 e. The first kappa shape index (κ1) is 12.3. The van der Waals surface area contributed by atoms with Crippen LogP contribution < -0.4 is 5.32 Å². The Morgan fingerprint density at radius 3 is 2.81 bits per heavy atom. The number of hydrogen-bond donors (Lipinski definition) is 1. The maximum atomic E-state index is 3.60. The molecule has 0 aliphatic rings. The minimum Gasteiger partial charge on any atom is -0.306 e. The SMILES string of the molecule is CCCNC(c1ccsc1)c1ccc(Br)s1. The molecular weight excluding hydrogens is 302 g/mol. The standard InChI is InChI=1S/C12H14BrNS2/c1-2-6-14-12(9-5-7-15-8-9)10-3-4-11(13)16-10/h3-5,7-8,12,14H,2,6H2,1H3. The van der Waals surface area contributed by atoms with E-state index in [2.05, 4.69) is 57.1 Å². The highest BCUT2D eigenvalue weighted by atomic mass is 79.9. The largest absolute Gasteiger partial charge is 0.306 e. The van der Waals surface area contributed by atoms with Crippen LogP contribution in [0.4, 0.5) is 0 Å². The van der Waals surface area contributed by atoms with Crippen molar-refractivity contribution in [2.24, 2.45) is 0 Å². The topological polar surface area (TPSA) is 12.0 Å². The molecule has 0 saturated heterocycles. The van der Waals surface area contributed by atoms with Gasteiger partial charge in [-0.1, -0.05) is 6.92 Å². The van der Waals surface area contributed by atoms with Crippen LogP contribution in [-0.2, 0) is 0 Å². The Labute approximate surface area is 113 Å². The van der Waals surface area contributed by atoms with Crippen molar-refractivity contribution in [3.8, 4) is 0 Å². The Kier molecular flexibility index (Phi) is 4.58. The molecule has 1 atom stereocenters. The number of thiophene rings is 2. The van der Waals surface area contributed by atoms with Crippen molar-refractivity contribution in [2.75, 3.05) is 6.54 Å². The summed E-state index contributed by atoms with van der Waals surface area (Å²) in [7, 11) is 0. The molecule has 1 unspecified atom stereocenters. The Balaban J connectivity index is 2.21. The van der Waals surface area contributed by atoms with E-state index in [4.69, 9.17) is 0 Å². The van der Waals surface area contributed by atoms with Gasteiger partial charge in [-0.25, -0.2) is 0 Å². The summed E-state index contributed by atoms with van der Waals surface area (Å²) in [6.45, 7) is 3.25. The zero-order valence-corrected chi connectivity index (χ0v) is 12.3. The van der Waals surface area contributed by atoms with Crippen molar-refractivity contribution >= 4 is 38.6 Å². The van der Waals surface area contributed by atoms with Gasteiger partial charge in [0.2, 0.25) is 0 Å². The van der Waals surface area contributed by atoms with Crippen LogP contribution in [0.2, 0.25) is 0 Å². The van der Waals surface area contributed by atoms with Crippen LogP contribution >= 0.6 is 38.6 Å². The Morgan fingerprint density at radius 2 is 2.25 bits per heavy atom. The number of rotatable bonds is 5. The Hall–Kier alpha value is -0.160. The van der Waals surface area contributed by atoms with Gasteiger partial charge in [0, 0.05) is 4.88 Å². The molecule has 0 radical (unpaired) electrons. The summed E-state index contributed by atoms with van der Waals surface area (Å²) in [6, 6.07) is 6.86. The van der Waals surface area contributed by atoms with Crippen molar-refractivity contribution in [1.29, 1.82) is 0 Å². The highest BCUT2D eigenvalue weighted by Gasteiger charge is 2.15. The fraction of sp³-hybridized carbons (Fsp3) is 0.333. The average molecular weight is 316 g/mol. The molecular formula is C12H14BrNS2. The van der Waals surface area contributed by atoms with Crippen LogP contribution in [0.5, 0.6) is 0 Å². The maximum Gasteiger partial charge on any atom is 0.0702 e. The summed E-state index contributed by atoms with van der Waals surface area (Å²) in [5.74, 6) is 0. The zero-order valence-electron chi connectivity index (χ0n) is 9.07. The summed E-state index contributed by atoms with van der Waals surface area (Å²) in [6.07, 6.45) is 1.16. The van der Waals surface area contributed by atoms with Gasteiger partial charge in [0.15, 0.2) is 0 Å². The molecule has 0 spiro atoms. The fourth-order valence-corrected chi connectivity index (χ4v) is 3.81. The van der Waals surface area contributed by atoms with Crippen molar-refractivity contribution in [3.05, 3.63) is 43.2 Å². The normalized spacial score (nSPS) is 12.9. The number of hydrogen-bond acceptors (Lipinski definition) is 3. The van der Waals surface area contributed by atoms with Gasteiger partial charge in [-0.2, -0.15) is 11.3 Å². The lowest BCUT2D eigenvalue weighted by molar-refractivity contribution is 0.607. The molecule has 2 aromatic heterocycles. The van der Waals surface area contributed by atoms with Gasteiger partial charge in [-0.05, 0) is 63.4 Å². The second-order valence-electron chi connectivity index (χ2n) is 3.59. The molecule has 0 saturated carbocycles. The van der Waals surface area contributed by atoms with Gasteiger partial charge < -0.3 is 5.32 Å². The van der Waals surface area contributed by atoms with E-state index in [-0.39, 0.29) is 0 Å². The molecule has 1 N–H and O–H groups in total. The van der Waals surface area contributed by atoms with Gasteiger partial charge in [0.1, 0.15) is 0 Å². The third-order valence-electron chi connectivity index (χ3n) is 2.35. The number of halogens is 1. The number of nitrogens with one attached hydrogen (secondary N) is 1. The predicted octanol–water partition coefficient (Wildman–Crippen LogP) is 4.66. The summed E-state index contributed by atoms with van der Waals surface area (Å²) in [4.78, 5) is 1.37. The molecule has 0 aliphatic heterocycles. The summed E-state index contributed by atoms with van der Waals surface area (Å²) >= 11 is 7.08. The minimum absolute atomic E-state index is 0.350. The van der Waals surface area contributed by atoms with Crippen LogP contribution in [0.25, 0.3) is 0 Å². The van der Waals surface area contributed by atoms with E-state index in [0.29, 0.717) is 6.04 Å². The summed E-state index contributed by atoms with van der Waals surface area (Å²) in [5.41, 5.74) is 1.37. The lowest BCUT2D eigenvalue weighted by atomic mass is 10.1. The van der Waals surface area contributed by atoms with Gasteiger partial charge in [-0.15, -0.1) is 11.3 Å². The van der Waals surface area contributed by atoms with Crippen molar-refractivity contribution < 1.29 is 0 Å². The quantitative estimate of drug-likeness (QED) is 0.846. The Morgan fingerprint density at radius 1 is 1.38 bits per heavy atom. The molecule has 0 aliphatic carbocycles. The monoisotopic (exact) mass is 315 g/mol. The van der Waals surface area contributed by atoms with Crippen molar-refractivity contribution in [2.45, 2.75) is 19.4 Å². The van der Waals surface area contributed by atoms with Crippen LogP contribution in [0, 0.1) is 0 Å². The fourth-order valence-electron chi connectivity index (χ4n) is 1.59. The molecule has 16 heavy (non-hydrogen) atoms. The first-order valence-corrected chi connectivity index (χ1v) is 7.87. The van der Waals surface area contributed by atoms with E-state index < -0.39 is 0 Å². The highest BCUT2D eigenvalue weighted by molar-refractivity contribution is 9.11. The molecule has 4 heteroatoms. The average Bonchev–Trinajstić information content (AvgIpc) is 2.91. The van der Waals surface area contributed by atoms with E-state index in [9.17, 15) is 0 Å². The lowest BCUT2D eigenvalue weighted by Gasteiger charge is -2.15. The summed E-state index contributed by atoms with van der Waals surface area (Å²) in [5, 5.41) is 7.96. The minimum atomic E-state index is 0.350. The molecule has 0 aromatic carbocycles. The third kappa shape index (κ3) is 2.94. The van der Waals surface area contributed by atoms with E-state index in [1.54, 1.807) is 22.7 Å². The van der Waals surface area contributed by atoms with E-state index in [1.165, 1.54) is 14.2 Å². The molecule has 1 nitrogen and oxygen atoms in total. The summed E-state index contributed by atoms with van der Waals surface area (Å²) < 4.78 is 1.20. The molecule has 0 fully saturated rings. The predicted molar refractivity (Wildman–Crippen MR) is 76.5 cm³/mol. The second kappa shape index (κ2) is 5.96. The van der Waals surface area contributed by atoms with Crippen molar-refractivity contribution in [1.82, 2.24) is 5.32 Å². The molecule has 0 amide bonds. The van der Waals surface area contributed by atoms with E-state index in [1.807, 2.05) is 0 Å². The van der Waals surface area contributed by atoms with E-state index >= 15 is 0 Å². The second-order valence-corrected chi connectivity index (χ2v) is 6.86. The molecule has 2 aromatic rings. The first-order chi connectivity index (χ1) is 7.81. The first-order valence-electron chi connectivity index (χ1n) is 5.32. The highest BCUT2D eigenvalue weighted by Crippen LogP contribution is 2.32. The maximum absolute atomic E-state index is 3.60. The van der Waals surface area contributed by atoms with Crippen LogP contribution in [0.3, 0.4) is 0 Å². The molecule has 2 heterocycles. The molecule has 2 rings (SSSR count). The van der Waals surface area contributed by atoms with Crippen LogP contribution in [-0.4, -0.2) is 6.54 Å². The van der Waals surface area contributed by atoms with Crippen LogP contribution in [0.15, 0.2) is 32.7 Å².